The van der Waals surface area contributed by atoms with Gasteiger partial charge in [-0.05, 0) is 17.7 Å². The normalized spacial score (nSPS) is 12.6. The maximum atomic E-state index is 12.4. The largest absolute Gasteiger partial charge is 0.453 e. The molecular weight excluding hydrogens is 277 g/mol. The number of carbonyl (C=O) groups excluding carboxylic acids is 2. The lowest BCUT2D eigenvalue weighted by Gasteiger charge is -2.15. The standard InChI is InChI=1S/C12H13F3N2O3/c1-20-11(19)17-9(10(16)18)6-7-2-4-8(5-3-7)12(13,14)15/h2-5,9H,6H2,1H3,(H2,16,18)(H,17,19)/t9-/m0/s1. The molecule has 0 spiro atoms. The summed E-state index contributed by atoms with van der Waals surface area (Å²) < 4.78 is 41.5. The number of benzene rings is 1. The maximum Gasteiger partial charge on any atom is 0.416 e. The number of amides is 2. The van der Waals surface area contributed by atoms with Gasteiger partial charge in [0.2, 0.25) is 5.91 Å². The highest BCUT2D eigenvalue weighted by Crippen LogP contribution is 2.29. The smallest absolute Gasteiger partial charge is 0.416 e. The number of rotatable bonds is 4. The molecule has 1 atom stereocenters. The molecule has 0 aliphatic heterocycles. The zero-order valence-corrected chi connectivity index (χ0v) is 10.5. The molecular formula is C12H13F3N2O3. The van der Waals surface area contributed by atoms with E-state index in [-0.39, 0.29) is 6.42 Å². The fourth-order valence-corrected chi connectivity index (χ4v) is 1.49. The summed E-state index contributed by atoms with van der Waals surface area (Å²) in [5.74, 6) is -0.810. The summed E-state index contributed by atoms with van der Waals surface area (Å²) >= 11 is 0. The quantitative estimate of drug-likeness (QED) is 0.880. The molecule has 0 saturated carbocycles. The SMILES string of the molecule is COC(=O)N[C@@H](Cc1ccc(C(F)(F)F)cc1)C(N)=O. The van der Waals surface area contributed by atoms with Crippen molar-refractivity contribution < 1.29 is 27.5 Å². The van der Waals surface area contributed by atoms with E-state index < -0.39 is 29.8 Å². The molecule has 1 rings (SSSR count). The van der Waals surface area contributed by atoms with Gasteiger partial charge >= 0.3 is 12.3 Å². The van der Waals surface area contributed by atoms with Crippen LogP contribution in [0, 0.1) is 0 Å². The fraction of sp³-hybridized carbons (Fsp3) is 0.333. The Morgan fingerprint density at radius 1 is 1.30 bits per heavy atom. The molecule has 8 heteroatoms. The molecule has 1 aromatic carbocycles. The Bertz CT molecular complexity index is 486. The first kappa shape index (κ1) is 15.8. The van der Waals surface area contributed by atoms with Gasteiger partial charge in [0.1, 0.15) is 6.04 Å². The second-order valence-corrected chi connectivity index (χ2v) is 3.99. The number of alkyl halides is 3. The van der Waals surface area contributed by atoms with E-state index in [1.807, 2.05) is 0 Å². The third-order valence-electron chi connectivity index (χ3n) is 2.54. The number of methoxy groups -OCH3 is 1. The van der Waals surface area contributed by atoms with E-state index in [4.69, 9.17) is 5.73 Å². The molecule has 2 amide bonds. The number of hydrogen-bond donors (Lipinski definition) is 2. The zero-order valence-electron chi connectivity index (χ0n) is 10.5. The molecule has 5 nitrogen and oxygen atoms in total. The Morgan fingerprint density at radius 3 is 2.25 bits per heavy atom. The van der Waals surface area contributed by atoms with E-state index in [2.05, 4.69) is 10.1 Å². The topological polar surface area (TPSA) is 81.4 Å². The van der Waals surface area contributed by atoms with Gasteiger partial charge < -0.3 is 15.8 Å². The van der Waals surface area contributed by atoms with Crippen molar-refractivity contribution in [2.75, 3.05) is 7.11 Å². The lowest BCUT2D eigenvalue weighted by atomic mass is 10.0. The molecule has 0 aromatic heterocycles. The zero-order chi connectivity index (χ0) is 15.3. The van der Waals surface area contributed by atoms with Crippen molar-refractivity contribution >= 4 is 12.0 Å². The van der Waals surface area contributed by atoms with Gasteiger partial charge in [-0.2, -0.15) is 13.2 Å². The summed E-state index contributed by atoms with van der Waals surface area (Å²) in [4.78, 5) is 22.2. The first-order chi connectivity index (χ1) is 9.24. The number of halogens is 3. The molecule has 0 saturated heterocycles. The number of hydrogen-bond acceptors (Lipinski definition) is 3. The maximum absolute atomic E-state index is 12.4. The number of alkyl carbamates (subject to hydrolysis) is 1. The minimum atomic E-state index is -4.42. The number of nitrogens with two attached hydrogens (primary N) is 1. The molecule has 0 fully saturated rings. The Kier molecular flexibility index (Phi) is 4.95. The van der Waals surface area contributed by atoms with Crippen molar-refractivity contribution in [3.8, 4) is 0 Å². The van der Waals surface area contributed by atoms with Gasteiger partial charge in [-0.1, -0.05) is 12.1 Å². The van der Waals surface area contributed by atoms with Gasteiger partial charge in [0, 0.05) is 6.42 Å². The molecule has 1 aromatic rings. The van der Waals surface area contributed by atoms with Gasteiger partial charge in [-0.3, -0.25) is 4.79 Å². The van der Waals surface area contributed by atoms with Crippen LogP contribution in [0.1, 0.15) is 11.1 Å². The highest BCUT2D eigenvalue weighted by Gasteiger charge is 2.30. The molecule has 0 radical (unpaired) electrons. The van der Waals surface area contributed by atoms with Crippen LogP contribution in [-0.4, -0.2) is 25.2 Å². The van der Waals surface area contributed by atoms with Crippen LogP contribution in [0.25, 0.3) is 0 Å². The van der Waals surface area contributed by atoms with Crippen LogP contribution in [0.5, 0.6) is 0 Å². The average Bonchev–Trinajstić information content (AvgIpc) is 2.37. The van der Waals surface area contributed by atoms with Gasteiger partial charge in [0.15, 0.2) is 0 Å². The molecule has 0 heterocycles. The van der Waals surface area contributed by atoms with Crippen molar-refractivity contribution in [3.05, 3.63) is 35.4 Å². The monoisotopic (exact) mass is 290 g/mol. The first-order valence-corrected chi connectivity index (χ1v) is 5.54. The predicted octanol–water partition coefficient (Wildman–Crippen LogP) is 1.46. The van der Waals surface area contributed by atoms with Crippen LogP contribution in [0.2, 0.25) is 0 Å². The van der Waals surface area contributed by atoms with Crippen molar-refractivity contribution in [2.24, 2.45) is 5.73 Å². The third kappa shape index (κ3) is 4.45. The molecule has 0 unspecified atom stereocenters. The molecule has 110 valence electrons. The number of primary amides is 1. The lowest BCUT2D eigenvalue weighted by Crippen LogP contribution is -2.45. The Balaban J connectivity index is 2.79. The summed E-state index contributed by atoms with van der Waals surface area (Å²) in [5.41, 5.74) is 4.73. The minimum absolute atomic E-state index is 0.0252. The van der Waals surface area contributed by atoms with Crippen LogP contribution < -0.4 is 11.1 Å². The molecule has 0 bridgehead atoms. The summed E-state index contributed by atoms with van der Waals surface area (Å²) in [7, 11) is 1.12. The van der Waals surface area contributed by atoms with Crippen LogP contribution in [0.3, 0.4) is 0 Å². The van der Waals surface area contributed by atoms with Crippen LogP contribution in [0.15, 0.2) is 24.3 Å². The van der Waals surface area contributed by atoms with Crippen molar-refractivity contribution in [1.82, 2.24) is 5.32 Å². The van der Waals surface area contributed by atoms with Gasteiger partial charge in [-0.25, -0.2) is 4.79 Å². The average molecular weight is 290 g/mol. The van der Waals surface area contributed by atoms with E-state index in [0.29, 0.717) is 5.56 Å². The summed E-state index contributed by atoms with van der Waals surface area (Å²) in [6.07, 6.45) is -5.30. The highest BCUT2D eigenvalue weighted by atomic mass is 19.4. The lowest BCUT2D eigenvalue weighted by molar-refractivity contribution is -0.137. The summed E-state index contributed by atoms with van der Waals surface area (Å²) in [6.45, 7) is 0. The predicted molar refractivity (Wildman–Crippen MR) is 63.7 cm³/mol. The Morgan fingerprint density at radius 2 is 1.85 bits per heavy atom. The van der Waals surface area contributed by atoms with Gasteiger partial charge in [0.05, 0.1) is 12.7 Å². The summed E-state index contributed by atoms with van der Waals surface area (Å²) in [6, 6.07) is 3.17. The highest BCUT2D eigenvalue weighted by molar-refractivity contribution is 5.84. The minimum Gasteiger partial charge on any atom is -0.453 e. The third-order valence-corrected chi connectivity index (χ3v) is 2.54. The van der Waals surface area contributed by atoms with E-state index >= 15 is 0 Å². The first-order valence-electron chi connectivity index (χ1n) is 5.54. The van der Waals surface area contributed by atoms with Crippen molar-refractivity contribution in [2.45, 2.75) is 18.6 Å². The second-order valence-electron chi connectivity index (χ2n) is 3.99. The molecule has 20 heavy (non-hydrogen) atoms. The molecule has 3 N–H and O–H groups in total. The van der Waals surface area contributed by atoms with E-state index in [9.17, 15) is 22.8 Å². The molecule has 0 aliphatic rings. The number of nitrogens with one attached hydrogen (secondary N) is 1. The van der Waals surface area contributed by atoms with E-state index in [0.717, 1.165) is 19.2 Å². The second kappa shape index (κ2) is 6.27. The van der Waals surface area contributed by atoms with Crippen LogP contribution in [-0.2, 0) is 22.1 Å². The van der Waals surface area contributed by atoms with Gasteiger partial charge in [-0.15, -0.1) is 0 Å². The fourth-order valence-electron chi connectivity index (χ4n) is 1.49. The van der Waals surface area contributed by atoms with Crippen molar-refractivity contribution in [1.29, 1.82) is 0 Å². The van der Waals surface area contributed by atoms with Crippen LogP contribution >= 0.6 is 0 Å². The van der Waals surface area contributed by atoms with Crippen molar-refractivity contribution in [3.63, 3.8) is 0 Å². The molecule has 0 aliphatic carbocycles. The van der Waals surface area contributed by atoms with Gasteiger partial charge in [0.25, 0.3) is 0 Å². The van der Waals surface area contributed by atoms with E-state index in [1.165, 1.54) is 12.1 Å². The number of ether oxygens (including phenoxy) is 1. The number of carbonyl (C=O) groups is 2. The summed E-state index contributed by atoms with van der Waals surface area (Å²) in [5, 5.41) is 2.20. The van der Waals surface area contributed by atoms with E-state index in [1.54, 1.807) is 0 Å². The Hall–Kier alpha value is -2.25. The van der Waals surface area contributed by atoms with Crippen LogP contribution in [0.4, 0.5) is 18.0 Å². The Labute approximate surface area is 112 Å².